The number of aromatic nitrogens is 1. The van der Waals surface area contributed by atoms with Crippen molar-refractivity contribution in [2.24, 2.45) is 0 Å². The quantitative estimate of drug-likeness (QED) is 0.931. The number of hydrogen-bond acceptors (Lipinski definition) is 5. The molecular weight excluding hydrogens is 326 g/mol. The first-order chi connectivity index (χ1) is 10.1. The normalized spacial score (nSPS) is 16.1. The van der Waals surface area contributed by atoms with Gasteiger partial charge in [0.15, 0.2) is 0 Å². The molecule has 7 heteroatoms. The lowest BCUT2D eigenvalue weighted by molar-refractivity contribution is 0.0698. The lowest BCUT2D eigenvalue weighted by atomic mass is 10.1. The van der Waals surface area contributed by atoms with Gasteiger partial charge in [-0.3, -0.25) is 4.79 Å². The van der Waals surface area contributed by atoms with Crippen molar-refractivity contribution >= 4 is 40.2 Å². The molecule has 1 fully saturated rings. The van der Waals surface area contributed by atoms with Crippen molar-refractivity contribution in [3.8, 4) is 9.88 Å². The number of carbonyl (C=O) groups excluding carboxylic acids is 1. The summed E-state index contributed by atoms with van der Waals surface area (Å²) in [5.41, 5.74) is 0.528. The lowest BCUT2D eigenvalue weighted by Gasteiger charge is -2.31. The standard InChI is InChI=1S/C14H16ClN3OS2/c1-18(9-4-6-16-7-5-9)14(19)10-8-20-13(17-10)11-2-3-12(15)21-11/h2-3,8-9,16H,4-7H2,1H3. The molecule has 1 saturated heterocycles. The first-order valence-corrected chi connectivity index (χ1v) is 8.91. The molecule has 1 aliphatic rings. The third-order valence-corrected chi connectivity index (χ3v) is 5.93. The molecule has 1 aliphatic heterocycles. The van der Waals surface area contributed by atoms with Gasteiger partial charge >= 0.3 is 0 Å². The van der Waals surface area contributed by atoms with Crippen molar-refractivity contribution in [2.45, 2.75) is 18.9 Å². The van der Waals surface area contributed by atoms with E-state index in [4.69, 9.17) is 11.6 Å². The Labute approximate surface area is 136 Å². The van der Waals surface area contributed by atoms with Crippen LogP contribution in [-0.2, 0) is 0 Å². The van der Waals surface area contributed by atoms with E-state index in [1.54, 1.807) is 0 Å². The van der Waals surface area contributed by atoms with Crippen LogP contribution < -0.4 is 5.32 Å². The molecule has 0 saturated carbocycles. The smallest absolute Gasteiger partial charge is 0.273 e. The Bertz CT molecular complexity index is 634. The predicted octanol–water partition coefficient (Wildman–Crippen LogP) is 3.35. The molecule has 0 atom stereocenters. The molecule has 2 aromatic rings. The van der Waals surface area contributed by atoms with E-state index in [-0.39, 0.29) is 5.91 Å². The number of carbonyl (C=O) groups is 1. The summed E-state index contributed by atoms with van der Waals surface area (Å²) in [7, 11) is 1.87. The Hall–Kier alpha value is -0.950. The van der Waals surface area contributed by atoms with Gasteiger partial charge in [0.2, 0.25) is 0 Å². The predicted molar refractivity (Wildman–Crippen MR) is 88.4 cm³/mol. The molecule has 4 nitrogen and oxygen atoms in total. The summed E-state index contributed by atoms with van der Waals surface area (Å²) in [5, 5.41) is 6.01. The SMILES string of the molecule is CN(C(=O)c1csc(-c2ccc(Cl)s2)n1)C1CCNCC1. The van der Waals surface area contributed by atoms with E-state index in [2.05, 4.69) is 10.3 Å². The van der Waals surface area contributed by atoms with Gasteiger partial charge in [-0.05, 0) is 38.1 Å². The average Bonchev–Trinajstić information content (AvgIpc) is 3.15. The largest absolute Gasteiger partial charge is 0.337 e. The van der Waals surface area contributed by atoms with Gasteiger partial charge in [-0.25, -0.2) is 4.98 Å². The minimum absolute atomic E-state index is 0.00653. The van der Waals surface area contributed by atoms with E-state index in [9.17, 15) is 4.79 Å². The van der Waals surface area contributed by atoms with Crippen molar-refractivity contribution in [3.63, 3.8) is 0 Å². The zero-order chi connectivity index (χ0) is 14.8. The Balaban J connectivity index is 1.74. The first kappa shape index (κ1) is 15.0. The minimum Gasteiger partial charge on any atom is -0.337 e. The Morgan fingerprint density at radius 3 is 2.86 bits per heavy atom. The minimum atomic E-state index is 0.00653. The van der Waals surface area contributed by atoms with Crippen LogP contribution in [0.25, 0.3) is 9.88 Å². The van der Waals surface area contributed by atoms with Crippen LogP contribution in [-0.4, -0.2) is 42.0 Å². The summed E-state index contributed by atoms with van der Waals surface area (Å²) < 4.78 is 0.736. The molecule has 0 spiro atoms. The van der Waals surface area contributed by atoms with Crippen LogP contribution in [0.3, 0.4) is 0 Å². The number of thiophene rings is 1. The van der Waals surface area contributed by atoms with Crippen LogP contribution in [0.15, 0.2) is 17.5 Å². The monoisotopic (exact) mass is 341 g/mol. The fourth-order valence-electron chi connectivity index (χ4n) is 2.45. The van der Waals surface area contributed by atoms with Gasteiger partial charge in [-0.15, -0.1) is 22.7 Å². The zero-order valence-corrected chi connectivity index (χ0v) is 14.0. The van der Waals surface area contributed by atoms with Crippen LogP contribution in [0.2, 0.25) is 4.34 Å². The summed E-state index contributed by atoms with van der Waals surface area (Å²) in [6.45, 7) is 1.94. The number of nitrogens with one attached hydrogen (secondary N) is 1. The maximum absolute atomic E-state index is 12.5. The highest BCUT2D eigenvalue weighted by Crippen LogP contribution is 2.33. The highest BCUT2D eigenvalue weighted by Gasteiger charge is 2.24. The van der Waals surface area contributed by atoms with Crippen molar-refractivity contribution < 1.29 is 4.79 Å². The third kappa shape index (κ3) is 3.29. The molecule has 0 aromatic carbocycles. The molecule has 0 radical (unpaired) electrons. The van der Waals surface area contributed by atoms with E-state index in [0.29, 0.717) is 11.7 Å². The second-order valence-corrected chi connectivity index (χ2v) is 7.61. The van der Waals surface area contributed by atoms with E-state index in [0.717, 1.165) is 40.2 Å². The summed E-state index contributed by atoms with van der Waals surface area (Å²) in [6.07, 6.45) is 2.00. The number of piperidine rings is 1. The molecular formula is C14H16ClN3OS2. The summed E-state index contributed by atoms with van der Waals surface area (Å²) >= 11 is 8.92. The van der Waals surface area contributed by atoms with Crippen LogP contribution in [0.4, 0.5) is 0 Å². The second-order valence-electron chi connectivity index (χ2n) is 5.04. The lowest BCUT2D eigenvalue weighted by Crippen LogP contribution is -2.44. The van der Waals surface area contributed by atoms with Gasteiger partial charge in [-0.2, -0.15) is 0 Å². The van der Waals surface area contributed by atoms with Gasteiger partial charge in [0.1, 0.15) is 10.7 Å². The van der Waals surface area contributed by atoms with Crippen LogP contribution in [0.5, 0.6) is 0 Å². The summed E-state index contributed by atoms with van der Waals surface area (Å²) in [4.78, 5) is 19.8. The molecule has 1 N–H and O–H groups in total. The molecule has 1 amide bonds. The van der Waals surface area contributed by atoms with Crippen LogP contribution >= 0.6 is 34.3 Å². The molecule has 0 bridgehead atoms. The topological polar surface area (TPSA) is 45.2 Å². The molecule has 21 heavy (non-hydrogen) atoms. The summed E-state index contributed by atoms with van der Waals surface area (Å²) in [5.74, 6) is 0.00653. The summed E-state index contributed by atoms with van der Waals surface area (Å²) in [6, 6.07) is 4.10. The molecule has 0 unspecified atom stereocenters. The van der Waals surface area contributed by atoms with Gasteiger partial charge in [-0.1, -0.05) is 11.6 Å². The molecule has 3 rings (SSSR count). The van der Waals surface area contributed by atoms with Crippen LogP contribution in [0.1, 0.15) is 23.3 Å². The second kappa shape index (κ2) is 6.44. The fraction of sp³-hybridized carbons (Fsp3) is 0.429. The van der Waals surface area contributed by atoms with Gasteiger partial charge in [0, 0.05) is 18.5 Å². The van der Waals surface area contributed by atoms with E-state index in [1.165, 1.54) is 22.7 Å². The van der Waals surface area contributed by atoms with E-state index >= 15 is 0 Å². The number of halogens is 1. The first-order valence-electron chi connectivity index (χ1n) is 6.84. The van der Waals surface area contributed by atoms with E-state index in [1.807, 2.05) is 29.5 Å². The van der Waals surface area contributed by atoms with Gasteiger partial charge in [0.25, 0.3) is 5.91 Å². The maximum Gasteiger partial charge on any atom is 0.273 e. The highest BCUT2D eigenvalue weighted by atomic mass is 35.5. The Kier molecular flexibility index (Phi) is 4.59. The molecule has 2 aromatic heterocycles. The molecule has 112 valence electrons. The average molecular weight is 342 g/mol. The third-order valence-electron chi connectivity index (χ3n) is 3.68. The molecule has 0 aliphatic carbocycles. The Morgan fingerprint density at radius 1 is 1.43 bits per heavy atom. The number of rotatable bonds is 3. The number of nitrogens with zero attached hydrogens (tertiary/aromatic N) is 2. The van der Waals surface area contributed by atoms with Gasteiger partial charge < -0.3 is 10.2 Å². The highest BCUT2D eigenvalue weighted by molar-refractivity contribution is 7.23. The van der Waals surface area contributed by atoms with E-state index < -0.39 is 0 Å². The zero-order valence-electron chi connectivity index (χ0n) is 11.6. The fourth-order valence-corrected chi connectivity index (χ4v) is 4.36. The van der Waals surface area contributed by atoms with Gasteiger partial charge in [0.05, 0.1) is 9.21 Å². The van der Waals surface area contributed by atoms with Crippen molar-refractivity contribution in [1.29, 1.82) is 0 Å². The Morgan fingerprint density at radius 2 is 2.19 bits per heavy atom. The number of thiazole rings is 1. The van der Waals surface area contributed by atoms with Crippen molar-refractivity contribution in [3.05, 3.63) is 27.5 Å². The molecule has 3 heterocycles. The van der Waals surface area contributed by atoms with Crippen molar-refractivity contribution in [2.75, 3.05) is 20.1 Å². The van der Waals surface area contributed by atoms with Crippen LogP contribution in [0, 0.1) is 0 Å². The number of amides is 1. The maximum atomic E-state index is 12.5. The van der Waals surface area contributed by atoms with Crippen molar-refractivity contribution in [1.82, 2.24) is 15.2 Å². The number of hydrogen-bond donors (Lipinski definition) is 1.